The number of benzene rings is 1. The Morgan fingerprint density at radius 2 is 2.23 bits per heavy atom. The van der Waals surface area contributed by atoms with Crippen molar-refractivity contribution in [1.82, 2.24) is 9.88 Å². The van der Waals surface area contributed by atoms with Crippen LogP contribution in [0.15, 0.2) is 30.5 Å². The van der Waals surface area contributed by atoms with E-state index < -0.39 is 0 Å². The average molecular weight is 317 g/mol. The molecule has 1 aliphatic rings. The van der Waals surface area contributed by atoms with E-state index in [1.807, 2.05) is 23.2 Å². The van der Waals surface area contributed by atoms with Crippen LogP contribution in [0, 0.1) is 5.92 Å². The van der Waals surface area contributed by atoms with Crippen molar-refractivity contribution in [2.24, 2.45) is 5.92 Å². The van der Waals surface area contributed by atoms with E-state index in [1.165, 1.54) is 16.5 Å². The first kappa shape index (κ1) is 15.2. The number of H-pyrrole nitrogens is 1. The summed E-state index contributed by atoms with van der Waals surface area (Å²) >= 11 is 6.03. The topological polar surface area (TPSA) is 36.1 Å². The Morgan fingerprint density at radius 1 is 1.41 bits per heavy atom. The summed E-state index contributed by atoms with van der Waals surface area (Å²) in [6, 6.07) is 5.92. The Labute approximate surface area is 136 Å². The molecule has 4 heteroatoms. The number of aromatic amines is 1. The Kier molecular flexibility index (Phi) is 4.25. The van der Waals surface area contributed by atoms with Crippen molar-refractivity contribution < 1.29 is 4.79 Å². The van der Waals surface area contributed by atoms with Crippen LogP contribution in [0.2, 0.25) is 5.02 Å². The van der Waals surface area contributed by atoms with Crippen LogP contribution in [0.1, 0.15) is 32.3 Å². The Balaban J connectivity index is 1.79. The van der Waals surface area contributed by atoms with Crippen LogP contribution in [0.4, 0.5) is 0 Å². The maximum atomic E-state index is 12.1. The molecule has 2 aromatic rings. The van der Waals surface area contributed by atoms with Crippen molar-refractivity contribution in [1.29, 1.82) is 0 Å². The number of carbonyl (C=O) groups is 1. The van der Waals surface area contributed by atoms with Gasteiger partial charge in [-0.2, -0.15) is 0 Å². The zero-order chi connectivity index (χ0) is 15.7. The number of rotatable bonds is 3. The molecule has 1 N–H and O–H groups in total. The van der Waals surface area contributed by atoms with Crippen LogP contribution in [-0.4, -0.2) is 28.9 Å². The van der Waals surface area contributed by atoms with Gasteiger partial charge in [0, 0.05) is 47.2 Å². The number of fused-ring (bicyclic) bond motifs is 1. The van der Waals surface area contributed by atoms with Gasteiger partial charge in [-0.15, -0.1) is 0 Å². The molecule has 0 saturated carbocycles. The van der Waals surface area contributed by atoms with Crippen molar-refractivity contribution >= 4 is 34.0 Å². The van der Waals surface area contributed by atoms with E-state index in [1.54, 1.807) is 0 Å². The van der Waals surface area contributed by atoms with Crippen molar-refractivity contribution in [3.8, 4) is 0 Å². The Morgan fingerprint density at radius 3 is 2.91 bits per heavy atom. The van der Waals surface area contributed by atoms with Crippen LogP contribution in [0.5, 0.6) is 0 Å². The van der Waals surface area contributed by atoms with Gasteiger partial charge in [0.15, 0.2) is 0 Å². The second-order valence-electron chi connectivity index (χ2n) is 6.31. The molecular formula is C18H21ClN2O. The first-order valence-electron chi connectivity index (χ1n) is 7.78. The fourth-order valence-electron chi connectivity index (χ4n) is 2.98. The molecule has 0 aliphatic carbocycles. The van der Waals surface area contributed by atoms with Gasteiger partial charge in [-0.3, -0.25) is 4.79 Å². The molecule has 22 heavy (non-hydrogen) atoms. The molecule has 3 rings (SSSR count). The van der Waals surface area contributed by atoms with E-state index in [0.717, 1.165) is 23.5 Å². The maximum Gasteiger partial charge on any atom is 0.223 e. The van der Waals surface area contributed by atoms with Crippen molar-refractivity contribution in [3.05, 3.63) is 41.1 Å². The molecule has 1 amide bonds. The molecular weight excluding hydrogens is 296 g/mol. The fourth-order valence-corrected chi connectivity index (χ4v) is 3.15. The highest BCUT2D eigenvalue weighted by Gasteiger charge is 2.19. The molecule has 1 aliphatic heterocycles. The summed E-state index contributed by atoms with van der Waals surface area (Å²) in [5, 5.41) is 1.93. The van der Waals surface area contributed by atoms with E-state index in [2.05, 4.69) is 31.0 Å². The zero-order valence-corrected chi connectivity index (χ0v) is 13.8. The van der Waals surface area contributed by atoms with Crippen LogP contribution in [0.25, 0.3) is 16.5 Å². The maximum absolute atomic E-state index is 12.1. The molecule has 0 fully saturated rings. The highest BCUT2D eigenvalue weighted by atomic mass is 35.5. The minimum atomic E-state index is 0.260. The standard InChI is InChI=1S/C18H21ClN2O/c1-12(2)9-18(22)21-7-5-13(6-8-21)16-11-20-17-10-14(19)3-4-15(16)17/h3-5,10-12,20H,6-9H2,1-2H3. The van der Waals surface area contributed by atoms with Gasteiger partial charge in [-0.05, 0) is 30.0 Å². The number of carbonyl (C=O) groups excluding carboxylic acids is 1. The first-order valence-corrected chi connectivity index (χ1v) is 8.16. The molecule has 116 valence electrons. The fraction of sp³-hybridized carbons (Fsp3) is 0.389. The summed E-state index contributed by atoms with van der Waals surface area (Å²) in [7, 11) is 0. The van der Waals surface area contributed by atoms with Gasteiger partial charge in [-0.25, -0.2) is 0 Å². The van der Waals surface area contributed by atoms with Gasteiger partial charge in [0.2, 0.25) is 5.91 Å². The number of halogens is 1. The molecule has 0 saturated heterocycles. The largest absolute Gasteiger partial charge is 0.361 e. The lowest BCUT2D eigenvalue weighted by Gasteiger charge is -2.27. The number of amides is 1. The normalized spacial score (nSPS) is 15.5. The number of hydrogen-bond acceptors (Lipinski definition) is 1. The molecule has 2 heterocycles. The second kappa shape index (κ2) is 6.17. The van der Waals surface area contributed by atoms with Gasteiger partial charge in [0.05, 0.1) is 0 Å². The quantitative estimate of drug-likeness (QED) is 0.890. The summed E-state index contributed by atoms with van der Waals surface area (Å²) < 4.78 is 0. The van der Waals surface area contributed by atoms with Crippen LogP contribution >= 0.6 is 11.6 Å². The van der Waals surface area contributed by atoms with Crippen LogP contribution < -0.4 is 0 Å². The van der Waals surface area contributed by atoms with Crippen LogP contribution in [0.3, 0.4) is 0 Å². The summed E-state index contributed by atoms with van der Waals surface area (Å²) in [4.78, 5) is 17.4. The highest BCUT2D eigenvalue weighted by Crippen LogP contribution is 2.30. The molecule has 0 bridgehead atoms. The lowest BCUT2D eigenvalue weighted by atomic mass is 9.98. The summed E-state index contributed by atoms with van der Waals surface area (Å²) in [5.74, 6) is 0.673. The summed E-state index contributed by atoms with van der Waals surface area (Å²) in [6.07, 6.45) is 5.76. The van der Waals surface area contributed by atoms with Gasteiger partial charge < -0.3 is 9.88 Å². The smallest absolute Gasteiger partial charge is 0.223 e. The van der Waals surface area contributed by atoms with Crippen molar-refractivity contribution in [2.45, 2.75) is 26.7 Å². The summed E-state index contributed by atoms with van der Waals surface area (Å²) in [5.41, 5.74) is 3.59. The predicted octanol–water partition coefficient (Wildman–Crippen LogP) is 4.48. The molecule has 0 unspecified atom stereocenters. The average Bonchev–Trinajstić information content (AvgIpc) is 2.89. The summed E-state index contributed by atoms with van der Waals surface area (Å²) in [6.45, 7) is 5.68. The number of nitrogens with one attached hydrogen (secondary N) is 1. The van der Waals surface area contributed by atoms with E-state index >= 15 is 0 Å². The predicted molar refractivity (Wildman–Crippen MR) is 91.9 cm³/mol. The van der Waals surface area contributed by atoms with Crippen LogP contribution in [-0.2, 0) is 4.79 Å². The molecule has 3 nitrogen and oxygen atoms in total. The van der Waals surface area contributed by atoms with Gasteiger partial charge in [0.1, 0.15) is 0 Å². The monoisotopic (exact) mass is 316 g/mol. The first-order chi connectivity index (χ1) is 10.5. The SMILES string of the molecule is CC(C)CC(=O)N1CC=C(c2c[nH]c3cc(Cl)ccc23)CC1. The molecule has 1 aromatic carbocycles. The van der Waals surface area contributed by atoms with Crippen molar-refractivity contribution in [2.75, 3.05) is 13.1 Å². The third kappa shape index (κ3) is 3.05. The minimum absolute atomic E-state index is 0.260. The van der Waals surface area contributed by atoms with Gasteiger partial charge in [-0.1, -0.05) is 37.6 Å². The highest BCUT2D eigenvalue weighted by molar-refractivity contribution is 6.31. The third-order valence-electron chi connectivity index (χ3n) is 4.13. The number of aromatic nitrogens is 1. The van der Waals surface area contributed by atoms with Gasteiger partial charge >= 0.3 is 0 Å². The van der Waals surface area contributed by atoms with Crippen molar-refractivity contribution in [3.63, 3.8) is 0 Å². The zero-order valence-electron chi connectivity index (χ0n) is 13.0. The lowest BCUT2D eigenvalue weighted by Crippen LogP contribution is -2.35. The number of hydrogen-bond donors (Lipinski definition) is 1. The molecule has 0 spiro atoms. The van der Waals surface area contributed by atoms with E-state index in [4.69, 9.17) is 11.6 Å². The van der Waals surface area contributed by atoms with E-state index in [0.29, 0.717) is 18.9 Å². The second-order valence-corrected chi connectivity index (χ2v) is 6.75. The Bertz CT molecular complexity index is 730. The Hall–Kier alpha value is -1.74. The third-order valence-corrected chi connectivity index (χ3v) is 4.37. The van der Waals surface area contributed by atoms with E-state index in [-0.39, 0.29) is 5.91 Å². The van der Waals surface area contributed by atoms with E-state index in [9.17, 15) is 4.79 Å². The van der Waals surface area contributed by atoms with Gasteiger partial charge in [0.25, 0.3) is 0 Å². The lowest BCUT2D eigenvalue weighted by molar-refractivity contribution is -0.131. The molecule has 0 radical (unpaired) electrons. The number of nitrogens with zero attached hydrogens (tertiary/aromatic N) is 1. The molecule has 0 atom stereocenters. The molecule has 1 aromatic heterocycles. The minimum Gasteiger partial charge on any atom is -0.361 e.